The van der Waals surface area contributed by atoms with Gasteiger partial charge in [-0.25, -0.2) is 4.98 Å². The molecule has 5 N–H and O–H groups in total. The number of nitrogens with two attached hydrogens (primary N) is 2. The van der Waals surface area contributed by atoms with Crippen LogP contribution in [0.5, 0.6) is 0 Å². The molecule has 3 unspecified atom stereocenters. The minimum atomic E-state index is -0.786. The molecule has 0 radical (unpaired) electrons. The van der Waals surface area contributed by atoms with E-state index < -0.39 is 12.1 Å². The van der Waals surface area contributed by atoms with Gasteiger partial charge >= 0.3 is 0 Å². The van der Waals surface area contributed by atoms with Gasteiger partial charge in [0.2, 0.25) is 11.8 Å². The smallest absolute Gasteiger partial charge is 0.243 e. The Bertz CT molecular complexity index is 1140. The van der Waals surface area contributed by atoms with E-state index in [4.69, 9.17) is 11.5 Å². The zero-order chi connectivity index (χ0) is 24.4. The standard InChI is InChI=1S/C27H31N5O2S/c28-24(23(17-8-3-1-4-9-17)18-10-5-2-6-11-18)26(34)32-15-7-12-21(32)25(33)30-19-13-14-20-22(16-19)35-27(29)31-20/h1-6,8-11,19,21,23-24H,7,12-16,28H2,(H2,29,31)(H,30,33). The van der Waals surface area contributed by atoms with Crippen LogP contribution in [0.2, 0.25) is 0 Å². The Hall–Kier alpha value is -3.23. The molecule has 1 fully saturated rings. The van der Waals surface area contributed by atoms with Crippen molar-refractivity contribution in [2.75, 3.05) is 12.3 Å². The molecule has 2 aromatic carbocycles. The molecule has 1 aliphatic carbocycles. The van der Waals surface area contributed by atoms with Crippen LogP contribution in [0.25, 0.3) is 0 Å². The average molecular weight is 490 g/mol. The van der Waals surface area contributed by atoms with Gasteiger partial charge in [0.1, 0.15) is 6.04 Å². The molecule has 1 saturated heterocycles. The van der Waals surface area contributed by atoms with Crippen LogP contribution >= 0.6 is 11.3 Å². The number of hydrogen-bond donors (Lipinski definition) is 3. The lowest BCUT2D eigenvalue weighted by Gasteiger charge is -2.32. The Balaban J connectivity index is 1.31. The number of anilines is 1. The number of amides is 2. The van der Waals surface area contributed by atoms with Crippen LogP contribution in [0.1, 0.15) is 46.9 Å². The first-order valence-electron chi connectivity index (χ1n) is 12.2. The summed E-state index contributed by atoms with van der Waals surface area (Å²) >= 11 is 1.50. The summed E-state index contributed by atoms with van der Waals surface area (Å²) in [5, 5.41) is 3.77. The highest BCUT2D eigenvalue weighted by molar-refractivity contribution is 7.15. The summed E-state index contributed by atoms with van der Waals surface area (Å²) in [5.74, 6) is -0.561. The molecular weight excluding hydrogens is 458 g/mol. The number of aryl methyl sites for hydroxylation is 1. The van der Waals surface area contributed by atoms with E-state index in [0.29, 0.717) is 18.1 Å². The van der Waals surface area contributed by atoms with E-state index in [1.165, 1.54) is 11.3 Å². The first-order valence-corrected chi connectivity index (χ1v) is 13.0. The quantitative estimate of drug-likeness (QED) is 0.493. The molecule has 35 heavy (non-hydrogen) atoms. The van der Waals surface area contributed by atoms with Crippen LogP contribution < -0.4 is 16.8 Å². The zero-order valence-corrected chi connectivity index (χ0v) is 20.4. The first kappa shape index (κ1) is 23.5. The highest BCUT2D eigenvalue weighted by Crippen LogP contribution is 2.31. The molecule has 0 bridgehead atoms. The molecule has 3 atom stereocenters. The van der Waals surface area contributed by atoms with Gasteiger partial charge in [0.15, 0.2) is 5.13 Å². The minimum absolute atomic E-state index is 0.0301. The average Bonchev–Trinajstić information content (AvgIpc) is 3.51. The Morgan fingerprint density at radius 2 is 1.69 bits per heavy atom. The molecule has 182 valence electrons. The number of fused-ring (bicyclic) bond motifs is 1. The molecular formula is C27H31N5O2S. The molecule has 1 aromatic heterocycles. The third kappa shape index (κ3) is 4.94. The van der Waals surface area contributed by atoms with Gasteiger partial charge in [0, 0.05) is 29.8 Å². The van der Waals surface area contributed by atoms with Gasteiger partial charge in [0.25, 0.3) is 0 Å². The molecule has 3 aromatic rings. The summed E-state index contributed by atoms with van der Waals surface area (Å²) in [7, 11) is 0. The number of carbonyl (C=O) groups is 2. The van der Waals surface area contributed by atoms with Gasteiger partial charge < -0.3 is 21.7 Å². The number of benzene rings is 2. The number of hydrogen-bond acceptors (Lipinski definition) is 6. The van der Waals surface area contributed by atoms with Crippen molar-refractivity contribution in [2.24, 2.45) is 5.73 Å². The lowest BCUT2D eigenvalue weighted by molar-refractivity contribution is -0.140. The van der Waals surface area contributed by atoms with E-state index >= 15 is 0 Å². The molecule has 2 heterocycles. The fourth-order valence-corrected chi connectivity index (χ4v) is 6.34. The van der Waals surface area contributed by atoms with E-state index in [9.17, 15) is 9.59 Å². The van der Waals surface area contributed by atoms with Crippen molar-refractivity contribution in [3.05, 3.63) is 82.4 Å². The van der Waals surface area contributed by atoms with Gasteiger partial charge in [-0.1, -0.05) is 60.7 Å². The van der Waals surface area contributed by atoms with Crippen molar-refractivity contribution in [2.45, 2.75) is 56.1 Å². The Kier molecular flexibility index (Phi) is 6.83. The maximum atomic E-state index is 13.7. The van der Waals surface area contributed by atoms with E-state index in [0.717, 1.165) is 47.4 Å². The predicted octanol–water partition coefficient (Wildman–Crippen LogP) is 2.85. The van der Waals surface area contributed by atoms with Gasteiger partial charge in [0.05, 0.1) is 11.7 Å². The molecule has 2 amide bonds. The van der Waals surface area contributed by atoms with E-state index in [-0.39, 0.29) is 23.8 Å². The van der Waals surface area contributed by atoms with Crippen LogP contribution in [0.15, 0.2) is 60.7 Å². The summed E-state index contributed by atoms with van der Waals surface area (Å²) in [6.45, 7) is 0.543. The van der Waals surface area contributed by atoms with Crippen molar-refractivity contribution in [3.63, 3.8) is 0 Å². The van der Waals surface area contributed by atoms with Gasteiger partial charge in [-0.2, -0.15) is 0 Å². The first-order chi connectivity index (χ1) is 17.0. The van der Waals surface area contributed by atoms with Crippen molar-refractivity contribution < 1.29 is 9.59 Å². The van der Waals surface area contributed by atoms with Crippen LogP contribution in [0, 0.1) is 0 Å². The van der Waals surface area contributed by atoms with Crippen molar-refractivity contribution in [1.82, 2.24) is 15.2 Å². The lowest BCUT2D eigenvalue weighted by atomic mass is 9.84. The van der Waals surface area contributed by atoms with Crippen molar-refractivity contribution in [1.29, 1.82) is 0 Å². The van der Waals surface area contributed by atoms with Crippen LogP contribution in [-0.4, -0.2) is 46.4 Å². The Morgan fingerprint density at radius 1 is 1.03 bits per heavy atom. The number of nitrogens with one attached hydrogen (secondary N) is 1. The van der Waals surface area contributed by atoms with Crippen LogP contribution in [-0.2, 0) is 22.4 Å². The molecule has 2 aliphatic rings. The van der Waals surface area contributed by atoms with Crippen LogP contribution in [0.4, 0.5) is 5.13 Å². The van der Waals surface area contributed by atoms with Crippen molar-refractivity contribution >= 4 is 28.3 Å². The maximum Gasteiger partial charge on any atom is 0.243 e. The molecule has 1 aliphatic heterocycles. The third-order valence-electron chi connectivity index (χ3n) is 7.10. The molecule has 7 nitrogen and oxygen atoms in total. The second-order valence-electron chi connectivity index (χ2n) is 9.38. The SMILES string of the molecule is Nc1nc2c(s1)CC(NC(=O)C1CCCN1C(=O)C(N)C(c1ccccc1)c1ccccc1)CC2. The predicted molar refractivity (Wildman–Crippen MR) is 138 cm³/mol. The minimum Gasteiger partial charge on any atom is -0.375 e. The summed E-state index contributed by atoms with van der Waals surface area (Å²) in [6.07, 6.45) is 3.81. The van der Waals surface area contributed by atoms with Gasteiger partial charge in [-0.15, -0.1) is 11.3 Å². The number of nitrogen functional groups attached to an aromatic ring is 1. The number of rotatable bonds is 6. The number of carbonyl (C=O) groups excluding carboxylic acids is 2. The van der Waals surface area contributed by atoms with E-state index in [2.05, 4.69) is 10.3 Å². The van der Waals surface area contributed by atoms with E-state index in [1.54, 1.807) is 4.90 Å². The highest BCUT2D eigenvalue weighted by Gasteiger charge is 2.40. The fourth-order valence-electron chi connectivity index (χ4n) is 5.38. The maximum absolute atomic E-state index is 13.7. The van der Waals surface area contributed by atoms with Gasteiger partial charge in [-0.05, 0) is 36.8 Å². The van der Waals surface area contributed by atoms with Gasteiger partial charge in [-0.3, -0.25) is 9.59 Å². The molecule has 8 heteroatoms. The Labute approximate surface area is 209 Å². The summed E-state index contributed by atoms with van der Waals surface area (Å²) in [6, 6.07) is 18.5. The monoisotopic (exact) mass is 489 g/mol. The highest BCUT2D eigenvalue weighted by atomic mass is 32.1. The zero-order valence-electron chi connectivity index (χ0n) is 19.6. The summed E-state index contributed by atoms with van der Waals surface area (Å²) in [5.41, 5.74) is 15.5. The third-order valence-corrected chi connectivity index (χ3v) is 8.05. The van der Waals surface area contributed by atoms with E-state index in [1.807, 2.05) is 60.7 Å². The van der Waals surface area contributed by atoms with Crippen molar-refractivity contribution in [3.8, 4) is 0 Å². The number of aromatic nitrogens is 1. The molecule has 0 spiro atoms. The second kappa shape index (κ2) is 10.2. The molecule has 5 rings (SSSR count). The topological polar surface area (TPSA) is 114 Å². The Morgan fingerprint density at radius 3 is 2.34 bits per heavy atom. The summed E-state index contributed by atoms with van der Waals surface area (Å²) < 4.78 is 0. The largest absolute Gasteiger partial charge is 0.375 e. The normalized spacial score (nSPS) is 20.5. The fraction of sp³-hybridized carbons (Fsp3) is 0.370. The number of likely N-dealkylation sites (tertiary alicyclic amines) is 1. The molecule has 0 saturated carbocycles. The lowest BCUT2D eigenvalue weighted by Crippen LogP contribution is -2.54. The summed E-state index contributed by atoms with van der Waals surface area (Å²) in [4.78, 5) is 34.2. The second-order valence-corrected chi connectivity index (χ2v) is 10.5. The van der Waals surface area contributed by atoms with Crippen LogP contribution in [0.3, 0.4) is 0 Å². The number of thiazole rings is 1. The number of nitrogens with zero attached hydrogens (tertiary/aromatic N) is 2.